The van der Waals surface area contributed by atoms with Gasteiger partial charge in [0.15, 0.2) is 24.5 Å². The summed E-state index contributed by atoms with van der Waals surface area (Å²) in [5, 5.41) is 74.3. The van der Waals surface area contributed by atoms with Gasteiger partial charge in [-0.3, -0.25) is 43.2 Å². The molecule has 0 spiro atoms. The van der Waals surface area contributed by atoms with Crippen molar-refractivity contribution in [3.8, 4) is 0 Å². The fourth-order valence-electron chi connectivity index (χ4n) is 11.2. The smallest absolute Gasteiger partial charge is 0.332 e. The molecule has 478 valence electrons. The number of Topliss-reactive ketones (excluding diaryl/α,β-unsaturated/α-hetero) is 1. The number of ether oxygens (including phenoxy) is 7. The number of rotatable bonds is 27. The number of hydrogen-bond donors (Lipinski definition) is 12. The number of carboxylic acid groups (broad SMARTS) is 1. The highest BCUT2D eigenvalue weighted by molar-refractivity contribution is 7.86. The van der Waals surface area contributed by atoms with E-state index in [0.717, 1.165) is 44.2 Å². The van der Waals surface area contributed by atoms with Gasteiger partial charge in [0.1, 0.15) is 54.7 Å². The van der Waals surface area contributed by atoms with Crippen molar-refractivity contribution in [1.29, 1.82) is 0 Å². The maximum Gasteiger partial charge on any atom is 0.332 e. The molecule has 7 unspecified atom stereocenters. The van der Waals surface area contributed by atoms with Crippen LogP contribution in [0.5, 0.6) is 0 Å². The molecular formula is C54H74N4O26S2. The van der Waals surface area contributed by atoms with Crippen molar-refractivity contribution in [2.24, 2.45) is 17.8 Å². The summed E-state index contributed by atoms with van der Waals surface area (Å²) in [6.45, 7) is 0.728. The highest BCUT2D eigenvalue weighted by atomic mass is 32.2. The van der Waals surface area contributed by atoms with Crippen molar-refractivity contribution in [1.82, 2.24) is 16.0 Å². The van der Waals surface area contributed by atoms with Crippen LogP contribution in [0.1, 0.15) is 84.5 Å². The summed E-state index contributed by atoms with van der Waals surface area (Å²) in [6.07, 6.45) is -13.6. The van der Waals surface area contributed by atoms with E-state index in [1.54, 1.807) is 6.92 Å². The first kappa shape index (κ1) is 68.0. The van der Waals surface area contributed by atoms with Crippen molar-refractivity contribution in [2.45, 2.75) is 174 Å². The predicted molar refractivity (Wildman–Crippen MR) is 292 cm³/mol. The first-order valence-corrected chi connectivity index (χ1v) is 31.0. The van der Waals surface area contributed by atoms with E-state index in [2.05, 4.69) is 21.3 Å². The zero-order valence-corrected chi connectivity index (χ0v) is 48.6. The molecule has 86 heavy (non-hydrogen) atoms. The zero-order chi connectivity index (χ0) is 62.8. The maximum absolute atomic E-state index is 14.2. The van der Waals surface area contributed by atoms with Gasteiger partial charge in [-0.05, 0) is 62.1 Å². The van der Waals surface area contributed by atoms with Crippen LogP contribution in [0.25, 0.3) is 10.8 Å². The Morgan fingerprint density at radius 3 is 2.20 bits per heavy atom. The maximum atomic E-state index is 14.2. The Balaban J connectivity index is 0.994. The molecule has 5 aliphatic rings. The number of carbonyl (C=O) groups excluding carboxylic acids is 6. The Hall–Kier alpha value is -5.53. The van der Waals surface area contributed by atoms with Crippen molar-refractivity contribution in [3.63, 3.8) is 0 Å². The van der Waals surface area contributed by atoms with Crippen LogP contribution in [0, 0.1) is 17.8 Å². The average molecular weight is 1260 g/mol. The molecule has 2 aliphatic carbocycles. The van der Waals surface area contributed by atoms with Gasteiger partial charge < -0.3 is 79.7 Å². The van der Waals surface area contributed by atoms with E-state index in [9.17, 15) is 90.1 Å². The molecule has 0 radical (unpaired) electrons. The summed E-state index contributed by atoms with van der Waals surface area (Å²) in [5.41, 5.74) is -0.401. The quantitative estimate of drug-likeness (QED) is 0.0283. The van der Waals surface area contributed by atoms with Gasteiger partial charge in [0.2, 0.25) is 23.6 Å². The molecule has 3 aliphatic heterocycles. The minimum absolute atomic E-state index is 0.0390. The number of fused-ring (bicyclic) bond motifs is 1. The highest BCUT2D eigenvalue weighted by Gasteiger charge is 2.52. The number of anilines is 1. The number of carbonyl (C=O) groups is 7. The Kier molecular flexibility index (Phi) is 23.8. The first-order chi connectivity index (χ1) is 40.6. The van der Waals surface area contributed by atoms with Gasteiger partial charge in [-0.1, -0.05) is 51.2 Å². The summed E-state index contributed by atoms with van der Waals surface area (Å²) >= 11 is 0. The van der Waals surface area contributed by atoms with Gasteiger partial charge in [0.25, 0.3) is 26.1 Å². The standard InChI is InChI=1S/C54H74N4O26S2/c1-26-48(81-37(52(70)71)16-28-8-4-3-5-9-28)45(65)38(23-59)83-53(26)82-36-19-30(18-35(57-51(69)31-20-40(61)58-41(62)21-31)49(36)84-54-47(67)46(66)44(64)27(2)80-54)50(68)55-13-7-11-32(60)24-78-14-15-79-25-42(63)56-34-12-6-10-29-17-33(85(72,73)74)22-39(43(29)34)86(75,76)77/h6,10,12,17,20,22,26-28,30,35-38,44-49,53-54,59,64-67H,3-5,7-9,11,13-16,18-19,21,23-25H2,1-2H3,(H,55,68)(H,56,63)(H,57,69)(H,70,71)(H,58,61,62)(H,72,73,74)(H,75,76,77)/t26?,27?,30?,35?,36-,37?,38+,44-,45+,46+,47?,48?,49-,53-,54+/m1/s1. The van der Waals surface area contributed by atoms with E-state index in [0.29, 0.717) is 6.07 Å². The third-order valence-electron chi connectivity index (χ3n) is 15.7. The lowest BCUT2D eigenvalue weighted by Gasteiger charge is -2.49. The zero-order valence-electron chi connectivity index (χ0n) is 47.0. The van der Waals surface area contributed by atoms with E-state index in [1.807, 2.05) is 0 Å². The SMILES string of the molecule is CC1C(OC(CC2CCCCC2)C(=O)O)[C@@H](O)[C@H](CO)O[C@H]1O[C@@H]1CC(C(=O)NCCCC(=O)COCCOCC(=O)Nc2cccc3cc(S(=O)(=O)O)cc(S(=O)(=O)O)c23)CC(NC(=O)C2=CC(=O)NC(=O)C2)[C@H]1O[C@@H]1OC(C)[C@@H](O)[C@H](O)C1O. The molecule has 2 aromatic carbocycles. The molecule has 4 fully saturated rings. The fourth-order valence-corrected chi connectivity index (χ4v) is 12.6. The number of amides is 5. The number of aliphatic carboxylic acids is 1. The van der Waals surface area contributed by atoms with E-state index in [-0.39, 0.29) is 79.8 Å². The molecular weight excluding hydrogens is 1180 g/mol. The second-order valence-electron chi connectivity index (χ2n) is 22.1. The van der Waals surface area contributed by atoms with Gasteiger partial charge in [-0.25, -0.2) is 4.79 Å². The Morgan fingerprint density at radius 1 is 0.826 bits per heavy atom. The second-order valence-corrected chi connectivity index (χ2v) is 24.9. The summed E-state index contributed by atoms with van der Waals surface area (Å²) < 4.78 is 109. The Bertz CT molecular complexity index is 3050. The van der Waals surface area contributed by atoms with Crippen molar-refractivity contribution in [3.05, 3.63) is 42.0 Å². The Morgan fingerprint density at radius 2 is 1.53 bits per heavy atom. The lowest BCUT2D eigenvalue weighted by Crippen LogP contribution is -2.64. The van der Waals surface area contributed by atoms with Crippen molar-refractivity contribution >= 4 is 78.0 Å². The van der Waals surface area contributed by atoms with Crippen LogP contribution in [0.3, 0.4) is 0 Å². The highest BCUT2D eigenvalue weighted by Crippen LogP contribution is 2.39. The van der Waals surface area contributed by atoms with E-state index in [4.69, 9.17) is 33.2 Å². The molecule has 0 aromatic heterocycles. The summed E-state index contributed by atoms with van der Waals surface area (Å²) in [4.78, 5) is 89.4. The molecule has 3 heterocycles. The molecule has 0 bridgehead atoms. The molecule has 2 saturated heterocycles. The summed E-state index contributed by atoms with van der Waals surface area (Å²) in [5.74, 6) is -7.73. The number of ketones is 1. The first-order valence-electron chi connectivity index (χ1n) is 28.1. The van der Waals surface area contributed by atoms with Gasteiger partial charge in [-0.15, -0.1) is 0 Å². The molecule has 2 saturated carbocycles. The van der Waals surface area contributed by atoms with Gasteiger partial charge in [0, 0.05) is 41.8 Å². The molecule has 2 aromatic rings. The summed E-state index contributed by atoms with van der Waals surface area (Å²) in [7, 11) is -9.96. The number of benzene rings is 2. The number of hydrogen-bond acceptors (Lipinski definition) is 23. The van der Waals surface area contributed by atoms with E-state index >= 15 is 0 Å². The van der Waals surface area contributed by atoms with Crippen LogP contribution in [0.2, 0.25) is 0 Å². The minimum atomic E-state index is -5.07. The number of carboxylic acids is 1. The number of nitrogens with one attached hydrogen (secondary N) is 4. The van der Waals surface area contributed by atoms with Crippen LogP contribution in [0.4, 0.5) is 5.69 Å². The minimum Gasteiger partial charge on any atom is -0.479 e. The number of aliphatic hydroxyl groups excluding tert-OH is 5. The van der Waals surface area contributed by atoms with Gasteiger partial charge in [-0.2, -0.15) is 16.8 Å². The third kappa shape index (κ3) is 17.8. The van der Waals surface area contributed by atoms with Crippen molar-refractivity contribution < 1.29 is 123 Å². The fraction of sp³-hybridized carbons (Fsp3) is 0.648. The molecule has 7 rings (SSSR count). The van der Waals surface area contributed by atoms with Crippen LogP contribution >= 0.6 is 0 Å². The second kappa shape index (κ2) is 30.1. The number of imide groups is 1. The van der Waals surface area contributed by atoms with E-state index in [1.165, 1.54) is 25.1 Å². The van der Waals surface area contributed by atoms with Gasteiger partial charge >= 0.3 is 5.97 Å². The largest absolute Gasteiger partial charge is 0.479 e. The van der Waals surface area contributed by atoms with Crippen molar-refractivity contribution in [2.75, 3.05) is 44.9 Å². The van der Waals surface area contributed by atoms with Crippen LogP contribution in [-0.2, 0) is 87.0 Å². The molecule has 5 amide bonds. The molecule has 15 atom stereocenters. The van der Waals surface area contributed by atoms with E-state index < -0.39 is 189 Å². The predicted octanol–water partition coefficient (Wildman–Crippen LogP) is -1.24. The molecule has 32 heteroatoms. The summed E-state index contributed by atoms with van der Waals surface area (Å²) in [6, 6.07) is 4.08. The van der Waals surface area contributed by atoms with Gasteiger partial charge in [0.05, 0.1) is 61.2 Å². The monoisotopic (exact) mass is 1260 g/mol. The topological polar surface area (TPSA) is 462 Å². The van der Waals surface area contributed by atoms with Crippen LogP contribution in [0.15, 0.2) is 51.8 Å². The Labute approximate surface area is 494 Å². The number of aliphatic hydroxyl groups is 5. The van der Waals surface area contributed by atoms with Crippen LogP contribution in [-0.4, -0.2) is 217 Å². The lowest BCUT2D eigenvalue weighted by molar-refractivity contribution is -0.340. The molecule has 30 nitrogen and oxygen atoms in total. The lowest BCUT2D eigenvalue weighted by atomic mass is 9.80. The van der Waals surface area contributed by atoms with Crippen LogP contribution < -0.4 is 21.3 Å². The average Bonchev–Trinajstić information content (AvgIpc) is 1.05. The third-order valence-corrected chi connectivity index (χ3v) is 17.4. The molecule has 12 N–H and O–H groups in total. The normalized spacial score (nSPS) is 29.8.